The lowest BCUT2D eigenvalue weighted by Crippen LogP contribution is -2.41. The number of aromatic nitrogens is 2. The Morgan fingerprint density at radius 3 is 2.89 bits per heavy atom. The first-order valence-electron chi connectivity index (χ1n) is 9.29. The zero-order valence-corrected chi connectivity index (χ0v) is 18.1. The van der Waals surface area contributed by atoms with Crippen molar-refractivity contribution in [2.75, 3.05) is 5.75 Å². The number of hydrogen-bond donors (Lipinski definition) is 1. The lowest BCUT2D eigenvalue weighted by molar-refractivity contribution is -0.119. The highest BCUT2D eigenvalue weighted by Crippen LogP contribution is 2.31. The molecule has 0 unspecified atom stereocenters. The Labute approximate surface area is 178 Å². The number of halogens is 2. The van der Waals surface area contributed by atoms with E-state index in [1.807, 2.05) is 0 Å². The number of carbonyl (C=O) groups is 1. The van der Waals surface area contributed by atoms with Crippen LogP contribution in [-0.2, 0) is 4.79 Å². The monoisotopic (exact) mass is 443 g/mol. The molecule has 9 heteroatoms. The van der Waals surface area contributed by atoms with Gasteiger partial charge in [-0.15, -0.1) is 10.2 Å². The summed E-state index contributed by atoms with van der Waals surface area (Å²) in [4.78, 5) is 12.2. The Hall–Kier alpha value is -1.44. The Bertz CT molecular complexity index is 817. The predicted molar refractivity (Wildman–Crippen MR) is 110 cm³/mol. The summed E-state index contributed by atoms with van der Waals surface area (Å²) in [7, 11) is 0. The molecule has 3 atom stereocenters. The summed E-state index contributed by atoms with van der Waals surface area (Å²) in [5.41, 5.74) is 0. The van der Waals surface area contributed by atoms with Gasteiger partial charge in [-0.25, -0.2) is 0 Å². The summed E-state index contributed by atoms with van der Waals surface area (Å²) in [6.07, 6.45) is 4.14. The van der Waals surface area contributed by atoms with Crippen LogP contribution >= 0.6 is 35.0 Å². The molecule has 0 bridgehead atoms. The van der Waals surface area contributed by atoms with Crippen LogP contribution in [0.1, 0.15) is 51.5 Å². The second kappa shape index (κ2) is 9.85. The molecule has 1 heterocycles. The molecule has 0 radical (unpaired) electrons. The third-order valence-corrected chi connectivity index (χ3v) is 6.10. The van der Waals surface area contributed by atoms with E-state index in [2.05, 4.69) is 22.4 Å². The Morgan fingerprint density at radius 1 is 1.36 bits per heavy atom. The number of thioether (sulfide) groups is 1. The van der Waals surface area contributed by atoms with Gasteiger partial charge in [0.1, 0.15) is 5.75 Å². The van der Waals surface area contributed by atoms with E-state index in [4.69, 9.17) is 32.4 Å². The summed E-state index contributed by atoms with van der Waals surface area (Å²) >= 11 is 13.2. The van der Waals surface area contributed by atoms with E-state index in [1.54, 1.807) is 25.1 Å². The van der Waals surface area contributed by atoms with Gasteiger partial charge >= 0.3 is 0 Å². The maximum atomic E-state index is 12.2. The Kier molecular flexibility index (Phi) is 7.48. The first kappa shape index (κ1) is 21.3. The molecule has 6 nitrogen and oxygen atoms in total. The zero-order valence-electron chi connectivity index (χ0n) is 15.8. The summed E-state index contributed by atoms with van der Waals surface area (Å²) in [6.45, 7) is 3.97. The Balaban J connectivity index is 1.50. The minimum absolute atomic E-state index is 0.0132. The van der Waals surface area contributed by atoms with Gasteiger partial charge in [-0.2, -0.15) is 0 Å². The highest BCUT2D eigenvalue weighted by atomic mass is 35.5. The normalized spacial score (nSPS) is 20.6. The molecular weight excluding hydrogens is 421 g/mol. The zero-order chi connectivity index (χ0) is 20.1. The topological polar surface area (TPSA) is 77.2 Å². The molecular formula is C19H23Cl2N3O3S. The largest absolute Gasteiger partial charge is 0.479 e. The fraction of sp³-hybridized carbons (Fsp3) is 0.526. The fourth-order valence-corrected chi connectivity index (χ4v) is 4.19. The Morgan fingerprint density at radius 2 is 2.14 bits per heavy atom. The summed E-state index contributed by atoms with van der Waals surface area (Å²) < 4.78 is 11.4. The van der Waals surface area contributed by atoms with E-state index >= 15 is 0 Å². The van der Waals surface area contributed by atoms with Crippen molar-refractivity contribution in [3.8, 4) is 5.75 Å². The summed E-state index contributed by atoms with van der Waals surface area (Å²) in [5, 5.41) is 12.4. The van der Waals surface area contributed by atoms with Crippen molar-refractivity contribution in [1.29, 1.82) is 0 Å². The standard InChI is InChI=1S/C19H23Cl2N3O3S/c1-11-5-3-4-6-15(11)22-17(25)10-28-19-24-23-18(27-19)12(2)26-16-8-7-13(20)9-14(16)21/h7-9,11-12,15H,3-6,10H2,1-2H3,(H,22,25)/t11-,12+,15+/m1/s1. The van der Waals surface area contributed by atoms with Crippen molar-refractivity contribution in [1.82, 2.24) is 15.5 Å². The van der Waals surface area contributed by atoms with E-state index in [0.29, 0.717) is 32.8 Å². The average molecular weight is 444 g/mol. The molecule has 1 aliphatic rings. The first-order valence-corrected chi connectivity index (χ1v) is 11.0. The van der Waals surface area contributed by atoms with Gasteiger partial charge < -0.3 is 14.5 Å². The molecule has 0 saturated heterocycles. The molecule has 28 heavy (non-hydrogen) atoms. The van der Waals surface area contributed by atoms with Gasteiger partial charge in [0.2, 0.25) is 5.91 Å². The summed E-state index contributed by atoms with van der Waals surface area (Å²) in [6, 6.07) is 5.24. The van der Waals surface area contributed by atoms with Crippen molar-refractivity contribution in [2.45, 2.75) is 56.9 Å². The predicted octanol–water partition coefficient (Wildman–Crippen LogP) is 5.30. The summed E-state index contributed by atoms with van der Waals surface area (Å²) in [5.74, 6) is 1.54. The molecule has 1 aromatic heterocycles. The molecule has 1 aliphatic carbocycles. The molecule has 3 rings (SSSR count). The lowest BCUT2D eigenvalue weighted by atomic mass is 9.86. The molecule has 0 aliphatic heterocycles. The minimum atomic E-state index is -0.488. The van der Waals surface area contributed by atoms with E-state index < -0.39 is 6.10 Å². The van der Waals surface area contributed by atoms with E-state index in [1.165, 1.54) is 31.0 Å². The quantitative estimate of drug-likeness (QED) is 0.584. The average Bonchev–Trinajstić information content (AvgIpc) is 3.13. The number of hydrogen-bond acceptors (Lipinski definition) is 6. The van der Waals surface area contributed by atoms with Crippen LogP contribution in [0.3, 0.4) is 0 Å². The lowest BCUT2D eigenvalue weighted by Gasteiger charge is -2.29. The smallest absolute Gasteiger partial charge is 0.277 e. The van der Waals surface area contributed by atoms with Crippen LogP contribution in [0, 0.1) is 5.92 Å². The van der Waals surface area contributed by atoms with E-state index in [0.717, 1.165) is 6.42 Å². The third-order valence-electron chi connectivity index (χ3n) is 4.75. The van der Waals surface area contributed by atoms with E-state index in [-0.39, 0.29) is 17.7 Å². The molecule has 1 aromatic carbocycles. The third kappa shape index (κ3) is 5.78. The first-order chi connectivity index (χ1) is 13.4. The van der Waals surface area contributed by atoms with Gasteiger partial charge in [0.05, 0.1) is 10.8 Å². The minimum Gasteiger partial charge on any atom is -0.479 e. The van der Waals surface area contributed by atoms with Crippen LogP contribution in [0.25, 0.3) is 0 Å². The molecule has 152 valence electrons. The van der Waals surface area contributed by atoms with Crippen LogP contribution in [0.5, 0.6) is 5.75 Å². The second-order valence-corrected chi connectivity index (χ2v) is 8.74. The number of nitrogens with zero attached hydrogens (tertiary/aromatic N) is 2. The van der Waals surface area contributed by atoms with Gasteiger partial charge in [-0.1, -0.05) is 54.7 Å². The van der Waals surface area contributed by atoms with Crippen LogP contribution in [0.2, 0.25) is 10.0 Å². The van der Waals surface area contributed by atoms with Gasteiger partial charge in [0, 0.05) is 11.1 Å². The molecule has 1 amide bonds. The maximum absolute atomic E-state index is 12.2. The molecule has 0 spiro atoms. The molecule has 2 aromatic rings. The highest BCUT2D eigenvalue weighted by molar-refractivity contribution is 7.99. The fourth-order valence-electron chi connectivity index (χ4n) is 3.16. The van der Waals surface area contributed by atoms with Crippen molar-refractivity contribution < 1.29 is 13.9 Å². The van der Waals surface area contributed by atoms with Crippen LogP contribution < -0.4 is 10.1 Å². The van der Waals surface area contributed by atoms with Gasteiger partial charge in [-0.05, 0) is 43.9 Å². The molecule has 1 fully saturated rings. The second-order valence-electron chi connectivity index (χ2n) is 6.97. The number of ether oxygens (including phenoxy) is 1. The number of nitrogens with one attached hydrogen (secondary N) is 1. The number of rotatable bonds is 7. The van der Waals surface area contributed by atoms with Crippen LogP contribution in [0.4, 0.5) is 0 Å². The van der Waals surface area contributed by atoms with Gasteiger partial charge in [0.15, 0.2) is 6.10 Å². The number of carbonyl (C=O) groups excluding carboxylic acids is 1. The van der Waals surface area contributed by atoms with Crippen LogP contribution in [0.15, 0.2) is 27.8 Å². The molecule has 1 saturated carbocycles. The number of amides is 1. The van der Waals surface area contributed by atoms with Crippen molar-refractivity contribution in [3.05, 3.63) is 34.1 Å². The number of benzene rings is 1. The van der Waals surface area contributed by atoms with Crippen molar-refractivity contribution in [3.63, 3.8) is 0 Å². The van der Waals surface area contributed by atoms with Gasteiger partial charge in [-0.3, -0.25) is 4.79 Å². The van der Waals surface area contributed by atoms with Crippen molar-refractivity contribution in [2.24, 2.45) is 5.92 Å². The van der Waals surface area contributed by atoms with Gasteiger partial charge in [0.25, 0.3) is 11.1 Å². The SMILES string of the molecule is C[C@H](Oc1ccc(Cl)cc1Cl)c1nnc(SCC(=O)N[C@H]2CCCC[C@H]2C)o1. The highest BCUT2D eigenvalue weighted by Gasteiger charge is 2.23. The molecule has 1 N–H and O–H groups in total. The van der Waals surface area contributed by atoms with E-state index in [9.17, 15) is 4.79 Å². The van der Waals surface area contributed by atoms with Crippen molar-refractivity contribution >= 4 is 40.9 Å². The van der Waals surface area contributed by atoms with Crippen LogP contribution in [-0.4, -0.2) is 27.9 Å². The maximum Gasteiger partial charge on any atom is 0.277 e.